The molecule has 0 saturated carbocycles. The van der Waals surface area contributed by atoms with E-state index in [9.17, 15) is 38.4 Å². The van der Waals surface area contributed by atoms with Gasteiger partial charge in [-0.05, 0) is 194 Å². The fourth-order valence-electron chi connectivity index (χ4n) is 13.2. The number of thiophene rings is 4. The molecule has 0 atom stereocenters. The maximum Gasteiger partial charge on any atom is 0.380 e. The number of halogens is 12. The highest BCUT2D eigenvalue weighted by Gasteiger charge is 2.82. The first-order chi connectivity index (χ1) is 60.8. The van der Waals surface area contributed by atoms with Crippen LogP contribution in [0.3, 0.4) is 0 Å². The molecule has 2 N–H and O–H groups in total. The quantitative estimate of drug-likeness (QED) is 0.0203. The van der Waals surface area contributed by atoms with Crippen LogP contribution in [0.1, 0.15) is 74.9 Å². The molecule has 8 aromatic rings. The molecule has 4 aliphatic rings. The SMILES string of the molecule is C.Cc1sc(-c2ccc(OCCOCCOCC(=O)O)cc2)cc1C1=C(c2cc(-c3ccc(OCCOCCOCC(=O)O)cc3)sc2C)C(F)(F)C(F)(F)C1(F)F.Cc1sc(-c2ccc(OCCOCCOCC(=O)ON3C(=O)CCC3=O)cc2)cc1C1=C(c2cc(-c3ccc(OCCOCCOCC(=O)ON4C(=O)CCC4=O)cc3)sc2C)C(F)(F)C(F)(F)C1(F)F. The van der Waals surface area contributed by atoms with E-state index in [1.165, 1.54) is 52.0 Å². The summed E-state index contributed by atoms with van der Waals surface area (Å²) >= 11 is 3.95. The smallest absolute Gasteiger partial charge is 0.380 e. The highest BCUT2D eigenvalue weighted by molar-refractivity contribution is 7.16. The van der Waals surface area contributed by atoms with Crippen LogP contribution in [0.15, 0.2) is 121 Å². The number of imide groups is 2. The fourth-order valence-corrected chi connectivity index (χ4v) is 17.3. The van der Waals surface area contributed by atoms with Crippen LogP contribution in [-0.2, 0) is 85.9 Å². The zero-order valence-electron chi connectivity index (χ0n) is 68.5. The van der Waals surface area contributed by atoms with E-state index in [0.29, 0.717) is 74.9 Å². The molecule has 2 saturated heterocycles. The number of hydrogen-bond donors (Lipinski definition) is 2. The molecule has 0 radical (unpaired) electrons. The number of nitrogens with zero attached hydrogens (tertiary/aromatic N) is 2. The molecule has 4 aromatic carbocycles. The van der Waals surface area contributed by atoms with Crippen molar-refractivity contribution in [3.8, 4) is 64.8 Å². The first kappa shape index (κ1) is 101. The number of carboxylic acids is 2. The molecule has 2 aliphatic heterocycles. The number of hydrogen-bond acceptors (Lipinski definition) is 26. The average molecular weight is 1900 g/mol. The number of allylic oxidation sites excluding steroid dienone is 4. The molecule has 42 heteroatoms. The van der Waals surface area contributed by atoms with Crippen molar-refractivity contribution in [2.45, 2.75) is 96.3 Å². The lowest BCUT2D eigenvalue weighted by Gasteiger charge is -2.25. The zero-order chi connectivity index (χ0) is 92.5. The minimum absolute atomic E-state index is 0. The summed E-state index contributed by atoms with van der Waals surface area (Å²) in [5.74, 6) is -37.2. The summed E-state index contributed by atoms with van der Waals surface area (Å²) in [4.78, 5) is 102. The Morgan fingerprint density at radius 1 is 0.310 bits per heavy atom. The number of benzene rings is 4. The molecule has 12 rings (SSSR count). The van der Waals surface area contributed by atoms with Gasteiger partial charge in [-0.15, -0.1) is 55.5 Å². The minimum atomic E-state index is -5.75. The number of rotatable bonds is 46. The number of alkyl halides is 12. The lowest BCUT2D eigenvalue weighted by Crippen LogP contribution is -2.48. The van der Waals surface area contributed by atoms with Gasteiger partial charge < -0.3 is 76.7 Å². The summed E-state index contributed by atoms with van der Waals surface area (Å²) in [5.41, 5.74) is -5.40. The molecule has 4 aromatic heterocycles. The van der Waals surface area contributed by atoms with Crippen molar-refractivity contribution >= 4 is 115 Å². The van der Waals surface area contributed by atoms with Crippen LogP contribution >= 0.6 is 45.3 Å². The topological polar surface area (TPSA) is 313 Å². The van der Waals surface area contributed by atoms with Gasteiger partial charge in [0.2, 0.25) is 0 Å². The van der Waals surface area contributed by atoms with Gasteiger partial charge in [-0.25, -0.2) is 19.2 Å². The number of carbonyl (C=O) groups is 8. The number of amides is 4. The Kier molecular flexibility index (Phi) is 34.5. The second-order valence-corrected chi connectivity index (χ2v) is 33.3. The maximum atomic E-state index is 15.9. The Morgan fingerprint density at radius 3 is 0.713 bits per heavy atom. The largest absolute Gasteiger partial charge is 0.491 e. The van der Waals surface area contributed by atoms with Crippen LogP contribution in [0.25, 0.3) is 64.1 Å². The molecule has 696 valence electrons. The van der Waals surface area contributed by atoms with E-state index >= 15 is 52.7 Å². The number of carbonyl (C=O) groups excluding carboxylic acids is 6. The average Bonchev–Trinajstić information content (AvgIpc) is 1.53. The van der Waals surface area contributed by atoms with Crippen LogP contribution in [0.4, 0.5) is 52.7 Å². The van der Waals surface area contributed by atoms with Gasteiger partial charge in [0.15, 0.2) is 0 Å². The third kappa shape index (κ3) is 24.0. The summed E-state index contributed by atoms with van der Waals surface area (Å²) in [5, 5.41) is 17.9. The Bertz CT molecular complexity index is 4990. The first-order valence-electron chi connectivity index (χ1n) is 39.2. The van der Waals surface area contributed by atoms with Crippen LogP contribution in [0.2, 0.25) is 0 Å². The summed E-state index contributed by atoms with van der Waals surface area (Å²) < 4.78 is 252. The number of aliphatic carboxylic acids is 2. The van der Waals surface area contributed by atoms with Crippen LogP contribution < -0.4 is 18.9 Å². The van der Waals surface area contributed by atoms with E-state index in [0.717, 1.165) is 45.3 Å². The van der Waals surface area contributed by atoms with E-state index in [-0.39, 0.29) is 158 Å². The summed E-state index contributed by atoms with van der Waals surface area (Å²) in [6, 6.07) is 30.5. The molecular weight excluding hydrogens is 1810 g/mol. The fraction of sp³-hybridized carbons (Fsp3) is 0.402. The molecule has 2 fully saturated rings. The molecule has 0 unspecified atom stereocenters. The molecular formula is C87H86F12N2O24S4. The zero-order valence-corrected chi connectivity index (χ0v) is 71.7. The standard InChI is InChI=1S/C47H44F6N2O14S2.C39H38F6O10S2.CH4/c1-27-33(23-35(70-27)29-3-7-31(8-4-29)66-21-19-62-15-17-64-25-41(60)68-54-37(56)11-12-38(54)57)43-44(46(50,51)47(52,53)45(43,48)49)34-24-36(71-28(34)2)30-5-9-32(10-6-30)67-22-20-63-16-18-65-26-42(61)69-55-39(58)13-14-40(55)59;1-23-29(19-31(56-23)25-3-7-27(8-4-25)54-17-15-50-11-13-52-21-33(46)47)35-36(38(42,43)39(44,45)37(35,40)41)30-20-32(57-24(30)2)26-5-9-28(10-6-26)55-18-16-51-12-14-53-22-34(48)49;/h3-10,23-24H,11-22,25-26H2,1-2H3;3-10,19-20H,11-18,21-22H2,1-2H3,(H,46,47)(H,48,49);1H4. The first-order valence-corrected chi connectivity index (χ1v) is 42.4. The van der Waals surface area contributed by atoms with Gasteiger partial charge in [-0.3, -0.25) is 19.2 Å². The Hall–Kier alpha value is -10.6. The van der Waals surface area contributed by atoms with Crippen LogP contribution in [0.5, 0.6) is 23.0 Å². The normalized spacial score (nSPS) is 16.3. The molecule has 0 bridgehead atoms. The van der Waals surface area contributed by atoms with Gasteiger partial charge in [0.05, 0.1) is 79.3 Å². The van der Waals surface area contributed by atoms with E-state index in [2.05, 4.69) is 0 Å². The van der Waals surface area contributed by atoms with Gasteiger partial charge in [0, 0.05) is 87.0 Å². The highest BCUT2D eigenvalue weighted by atomic mass is 32.1. The van der Waals surface area contributed by atoms with Gasteiger partial charge in [0.1, 0.15) is 75.9 Å². The number of hydroxylamine groups is 4. The second-order valence-electron chi connectivity index (χ2n) is 28.3. The van der Waals surface area contributed by atoms with E-state index in [1.807, 2.05) is 0 Å². The van der Waals surface area contributed by atoms with Gasteiger partial charge in [-0.1, -0.05) is 7.43 Å². The molecule has 26 nitrogen and oxygen atoms in total. The van der Waals surface area contributed by atoms with Gasteiger partial charge in [-0.2, -0.15) is 52.7 Å². The molecule has 6 heterocycles. The third-order valence-electron chi connectivity index (χ3n) is 19.4. The molecule has 4 amide bonds. The minimum Gasteiger partial charge on any atom is -0.491 e. The lowest BCUT2D eigenvalue weighted by molar-refractivity contribution is -0.254. The van der Waals surface area contributed by atoms with Gasteiger partial charge in [0.25, 0.3) is 23.6 Å². The van der Waals surface area contributed by atoms with E-state index in [1.54, 1.807) is 97.1 Å². The predicted molar refractivity (Wildman–Crippen MR) is 446 cm³/mol. The van der Waals surface area contributed by atoms with Crippen LogP contribution in [-0.4, -0.2) is 236 Å². The van der Waals surface area contributed by atoms with Gasteiger partial charge >= 0.3 is 59.4 Å². The van der Waals surface area contributed by atoms with E-state index in [4.69, 9.17) is 76.7 Å². The van der Waals surface area contributed by atoms with Crippen molar-refractivity contribution in [1.82, 2.24) is 10.1 Å². The third-order valence-corrected chi connectivity index (χ3v) is 23.8. The van der Waals surface area contributed by atoms with Crippen molar-refractivity contribution in [2.75, 3.05) is 132 Å². The van der Waals surface area contributed by atoms with Crippen molar-refractivity contribution < 1.29 is 168 Å². The molecule has 0 spiro atoms. The van der Waals surface area contributed by atoms with Crippen molar-refractivity contribution in [3.63, 3.8) is 0 Å². The van der Waals surface area contributed by atoms with Crippen molar-refractivity contribution in [1.29, 1.82) is 0 Å². The Balaban J connectivity index is 0.000000273. The second kappa shape index (κ2) is 44.3. The predicted octanol–water partition coefficient (Wildman–Crippen LogP) is 16.8. The summed E-state index contributed by atoms with van der Waals surface area (Å²) in [6.45, 7) is 5.55. The monoisotopic (exact) mass is 1900 g/mol. The Labute approximate surface area is 745 Å². The lowest BCUT2D eigenvalue weighted by atomic mass is 9.94. The molecule has 129 heavy (non-hydrogen) atoms. The van der Waals surface area contributed by atoms with Crippen LogP contribution in [0, 0.1) is 27.7 Å². The Morgan fingerprint density at radius 2 is 0.504 bits per heavy atom. The number of aryl methyl sites for hydroxylation is 4. The van der Waals surface area contributed by atoms with Crippen molar-refractivity contribution in [3.05, 3.63) is 163 Å². The van der Waals surface area contributed by atoms with Crippen molar-refractivity contribution in [2.24, 2.45) is 0 Å². The summed E-state index contributed by atoms with van der Waals surface area (Å²) in [6.07, 6.45) is -0.139. The summed E-state index contributed by atoms with van der Waals surface area (Å²) in [7, 11) is 0. The van der Waals surface area contributed by atoms with E-state index < -0.39 is 154 Å². The maximum absolute atomic E-state index is 15.9. The molecule has 2 aliphatic carbocycles. The highest BCUT2D eigenvalue weighted by Crippen LogP contribution is 2.68. The number of carboxylic acid groups (broad SMARTS) is 2. The number of ether oxygens (including phenoxy) is 12.